The fourth-order valence-corrected chi connectivity index (χ4v) is 18.2. The lowest BCUT2D eigenvalue weighted by Crippen LogP contribution is -2.41. The molecule has 8 aliphatic rings. The SMILES string of the molecule is CC(C)(C)B1Cc2cc3c(cc2C1)OB(c1ccc(C(c2ccc(B4Oc5cc6c(cc5O4)OB(C(C)(C)C)O6)cc2)(c2ccc(B4Oc5cc6c(cc5O4)OB(C(C)(C)C)O6)cc2)c2ccc(B4Oc5cc6c(cc5O4)OB(C(C)(C)C)O6)cc2)cc1)O3.OB(O)c1ccc(C(c2ccc(B(O)O)cc2)(c2ccc(B(O)O)cc2)c2ccc(B(O)O)cc2)cc1.Oc1cc(O)c(O)cc1O. The molecule has 0 atom stereocenters. The van der Waals surface area contributed by atoms with Crippen molar-refractivity contribution in [1.29, 1.82) is 0 Å². The maximum absolute atomic E-state index is 9.63. The molecule has 0 aromatic heterocycles. The van der Waals surface area contributed by atoms with E-state index in [1.807, 2.05) is 36.4 Å². The Morgan fingerprint density at radius 3 is 0.529 bits per heavy atom. The van der Waals surface area contributed by atoms with E-state index >= 15 is 0 Å². The Labute approximate surface area is 791 Å². The van der Waals surface area contributed by atoms with Crippen LogP contribution in [-0.4, -0.2) is 146 Å². The molecule has 678 valence electrons. The van der Waals surface area contributed by atoms with Crippen LogP contribution in [0.5, 0.6) is 103 Å². The lowest BCUT2D eigenvalue weighted by atomic mass is 9.33. The Morgan fingerprint density at radius 2 is 0.368 bits per heavy atom. The summed E-state index contributed by atoms with van der Waals surface area (Å²) in [6, 6.07) is 77.8. The van der Waals surface area contributed by atoms with Crippen molar-refractivity contribution in [3.63, 3.8) is 0 Å². The summed E-state index contributed by atoms with van der Waals surface area (Å²) >= 11 is 0. The molecule has 0 aliphatic carbocycles. The number of aromatic hydroxyl groups is 4. The number of hydrogen-bond donors (Lipinski definition) is 12. The van der Waals surface area contributed by atoms with Gasteiger partial charge in [-0.1, -0.05) is 283 Å². The Kier molecular flexibility index (Phi) is 23.7. The van der Waals surface area contributed by atoms with Gasteiger partial charge in [-0.05, 0) is 102 Å². The van der Waals surface area contributed by atoms with Crippen LogP contribution in [0.4, 0.5) is 0 Å². The fraction of sp³-hybridized carbons (Fsp3) is 0.204. The molecule has 0 amide bonds. The molecule has 0 unspecified atom stereocenters. The lowest BCUT2D eigenvalue weighted by molar-refractivity contribution is 0.373. The van der Waals surface area contributed by atoms with Gasteiger partial charge in [0.15, 0.2) is 29.7 Å². The highest BCUT2D eigenvalue weighted by atomic mass is 16.7. The van der Waals surface area contributed by atoms with Gasteiger partial charge in [-0.15, -0.1) is 0 Å². The van der Waals surface area contributed by atoms with Gasteiger partial charge in [-0.3, -0.25) is 0 Å². The van der Waals surface area contributed by atoms with Crippen molar-refractivity contribution < 1.29 is 126 Å². The van der Waals surface area contributed by atoms with Crippen LogP contribution < -0.4 is 109 Å². The zero-order valence-corrected chi connectivity index (χ0v) is 76.7. The molecule has 12 N–H and O–H groups in total. The summed E-state index contributed by atoms with van der Waals surface area (Å²) in [5.41, 5.74) is 11.9. The molecule has 26 nitrogen and oxygen atoms in total. The first-order chi connectivity index (χ1) is 64.7. The van der Waals surface area contributed by atoms with Crippen molar-refractivity contribution in [2.24, 2.45) is 0 Å². The Bertz CT molecular complexity index is 5730. The summed E-state index contributed by atoms with van der Waals surface area (Å²) in [5.74, 6) is 6.94. The normalized spacial score (nSPS) is 14.5. The average Bonchev–Trinajstić information content (AvgIpc) is 0.914. The van der Waals surface area contributed by atoms with Gasteiger partial charge in [0.05, 0.1) is 10.8 Å². The highest BCUT2D eigenvalue weighted by molar-refractivity contribution is 6.66. The van der Waals surface area contributed by atoms with E-state index in [0.717, 1.165) is 80.4 Å². The Morgan fingerprint density at radius 1 is 0.206 bits per heavy atom. The summed E-state index contributed by atoms with van der Waals surface area (Å²) in [5, 5.41) is 111. The third kappa shape index (κ3) is 17.5. The molecule has 13 aromatic carbocycles. The predicted molar refractivity (Wildman–Crippen MR) is 527 cm³/mol. The number of benzene rings is 13. The Hall–Kier alpha value is -13.3. The summed E-state index contributed by atoms with van der Waals surface area (Å²) in [6.07, 6.45) is 2.05. The van der Waals surface area contributed by atoms with E-state index in [9.17, 15) is 40.2 Å². The monoisotopic (exact) mass is 1820 g/mol. The fourth-order valence-electron chi connectivity index (χ4n) is 18.2. The van der Waals surface area contributed by atoms with Gasteiger partial charge in [0.2, 0.25) is 0 Å². The molecule has 21 rings (SSSR count). The molecule has 0 saturated carbocycles. The smallest absolute Gasteiger partial charge is 0.523 e. The van der Waals surface area contributed by atoms with Gasteiger partial charge in [-0.25, -0.2) is 0 Å². The Balaban J connectivity index is 0.000000208. The van der Waals surface area contributed by atoms with Crippen LogP contribution in [0.3, 0.4) is 0 Å². The second kappa shape index (κ2) is 35.1. The lowest BCUT2D eigenvalue weighted by Gasteiger charge is -2.37. The molecule has 136 heavy (non-hydrogen) atoms. The highest BCUT2D eigenvalue weighted by Crippen LogP contribution is 2.55. The van der Waals surface area contributed by atoms with Crippen LogP contribution in [0.25, 0.3) is 0 Å². The molecule has 0 saturated heterocycles. The first-order valence-electron chi connectivity index (χ1n) is 44.9. The highest BCUT2D eigenvalue weighted by Gasteiger charge is 2.52. The number of fused-ring (bicyclic) bond motifs is 8. The third-order valence-corrected chi connectivity index (χ3v) is 26.0. The number of phenols is 4. The van der Waals surface area contributed by atoms with Crippen molar-refractivity contribution >= 4 is 129 Å². The summed E-state index contributed by atoms with van der Waals surface area (Å²) in [7, 11) is -10.8. The van der Waals surface area contributed by atoms with Crippen LogP contribution in [-0.2, 0) is 23.5 Å². The van der Waals surface area contributed by atoms with E-state index in [2.05, 4.69) is 192 Å². The van der Waals surface area contributed by atoms with E-state index < -0.39 is 112 Å². The summed E-state index contributed by atoms with van der Waals surface area (Å²) in [4.78, 5) is 0. The second-order valence-electron chi connectivity index (χ2n) is 39.6. The van der Waals surface area contributed by atoms with Crippen molar-refractivity contribution in [2.45, 2.75) is 128 Å². The van der Waals surface area contributed by atoms with Gasteiger partial charge in [0, 0.05) is 86.3 Å². The van der Waals surface area contributed by atoms with Gasteiger partial charge in [0.25, 0.3) is 0 Å². The minimum atomic E-state index is -1.66. The zero-order chi connectivity index (χ0) is 95.7. The topological polar surface area (TPSA) is 372 Å². The van der Waals surface area contributed by atoms with Crippen molar-refractivity contribution in [3.05, 3.63) is 310 Å². The van der Waals surface area contributed by atoms with Gasteiger partial charge < -0.3 is 126 Å². The molecule has 8 aliphatic heterocycles. The molecule has 0 fully saturated rings. The molecule has 0 spiro atoms. The summed E-state index contributed by atoms with van der Waals surface area (Å²) < 4.78 is 90.0. The molecule has 13 aromatic rings. The first kappa shape index (κ1) is 91.8. The first-order valence-corrected chi connectivity index (χ1v) is 44.9. The number of phenolic OH excluding ortho intramolecular Hbond substituents is 4. The van der Waals surface area contributed by atoms with Crippen molar-refractivity contribution in [1.82, 2.24) is 0 Å². The molecule has 0 radical (unpaired) electrons. The quantitative estimate of drug-likeness (QED) is 0.0186. The van der Waals surface area contributed by atoms with Crippen LogP contribution >= 0.6 is 0 Å². The number of hydrogen-bond acceptors (Lipinski definition) is 26. The molecule has 0 bridgehead atoms. The maximum atomic E-state index is 9.63. The van der Waals surface area contributed by atoms with E-state index in [-0.39, 0.29) is 43.1 Å². The van der Waals surface area contributed by atoms with Crippen molar-refractivity contribution in [3.8, 4) is 103 Å². The van der Waals surface area contributed by atoms with E-state index in [1.54, 1.807) is 97.1 Å². The second-order valence-corrected chi connectivity index (χ2v) is 39.6. The molecular weight excluding hydrogens is 1720 g/mol. The van der Waals surface area contributed by atoms with Gasteiger partial charge >= 0.3 is 78.3 Å². The van der Waals surface area contributed by atoms with Crippen LogP contribution in [0, 0.1) is 0 Å². The maximum Gasteiger partial charge on any atom is 0.632 e. The minimum absolute atomic E-state index is 0.203. The standard InChI is InChI=1S/C67H64B8O14.C25H24B4O8.C6H6O4/c1-63(2,3)68-37-39-29-49-50(30-40(39)38-68)77-69(76-49)45-21-13-41(14-22-45)67(42-15-23-46(24-16-42)70-78-51-31-57-58(32-52(51)79-70)85-73(84-57)64(4,5)6,43-17-25-47(26-18-43)71-80-53-33-59-60(34-54(53)81-71)87-74(86-59)65(7,8)9)44-19-27-48(28-20-44)72-82-55-35-61-62(36-56(55)83-72)89-75(88-61)66(10,11)12;30-26(31)21-9-1-17(2-10-21)25(18-3-11-22(12-4-18)27(32)33,19-5-13-23(14-6-19)28(34)35)20-7-15-24(16-8-20)29(36)37;7-3-1-4(8)6(10)2-5(3)9/h13-36H,37-38H2,1-12H3;1-16,30-37H;1-2,7-10H. The molecular formula is C98H94B12O26. The molecule has 8 heterocycles. The minimum Gasteiger partial charge on any atom is -0.523 e. The van der Waals surface area contributed by atoms with Gasteiger partial charge in [-0.2, -0.15) is 0 Å². The average molecular weight is 1820 g/mol. The van der Waals surface area contributed by atoms with Gasteiger partial charge in [0.1, 0.15) is 80.5 Å². The van der Waals surface area contributed by atoms with Crippen LogP contribution in [0.1, 0.15) is 139 Å². The van der Waals surface area contributed by atoms with E-state index in [1.165, 1.54) is 11.1 Å². The largest absolute Gasteiger partial charge is 0.632 e. The van der Waals surface area contributed by atoms with Crippen molar-refractivity contribution in [2.75, 3.05) is 0 Å². The predicted octanol–water partition coefficient (Wildman–Crippen LogP) is 8.68. The van der Waals surface area contributed by atoms with Crippen LogP contribution in [0.15, 0.2) is 255 Å². The zero-order valence-electron chi connectivity index (χ0n) is 76.7. The number of rotatable bonds is 16. The summed E-state index contributed by atoms with van der Waals surface area (Å²) in [6.45, 7) is 26.3. The molecule has 38 heteroatoms. The third-order valence-electron chi connectivity index (χ3n) is 26.0. The van der Waals surface area contributed by atoms with E-state index in [4.69, 9.17) is 85.6 Å². The van der Waals surface area contributed by atoms with Crippen LogP contribution in [0.2, 0.25) is 21.3 Å². The van der Waals surface area contributed by atoms with E-state index in [0.29, 0.717) is 98.0 Å².